The molecule has 7 rings (SSSR count). The van der Waals surface area contributed by atoms with Crippen molar-refractivity contribution < 1.29 is 27.4 Å². The number of anilines is 1. The van der Waals surface area contributed by atoms with Gasteiger partial charge in [-0.3, -0.25) is 4.39 Å². The number of phenolic OH excluding ortho intramolecular Hbond substituents is 1. The van der Waals surface area contributed by atoms with E-state index in [4.69, 9.17) is 16.1 Å². The number of ether oxygens (including phenoxy) is 1. The van der Waals surface area contributed by atoms with Gasteiger partial charge in [0.1, 0.15) is 28.7 Å². The third-order valence-corrected chi connectivity index (χ3v) is 10.4. The third kappa shape index (κ3) is 5.51. The Morgan fingerprint density at radius 2 is 1.85 bits per heavy atom. The summed E-state index contributed by atoms with van der Waals surface area (Å²) >= 11 is 0. The molecule has 2 N–H and O–H groups in total. The van der Waals surface area contributed by atoms with Crippen molar-refractivity contribution in [3.05, 3.63) is 53.3 Å². The Balaban J connectivity index is 1.39. The Labute approximate surface area is 270 Å². The molecule has 1 aromatic heterocycles. The number of piperidine rings is 1. The number of rotatable bonds is 7. The molecule has 3 aliphatic heterocycles. The summed E-state index contributed by atoms with van der Waals surface area (Å²) < 4.78 is 68.4. The molecule has 7 nitrogen and oxygen atoms in total. The van der Waals surface area contributed by atoms with Crippen molar-refractivity contribution in [2.45, 2.75) is 45.2 Å². The minimum absolute atomic E-state index is 0.0925. The van der Waals surface area contributed by atoms with Gasteiger partial charge in [0.15, 0.2) is 5.82 Å². The number of hydrogen-bond acceptors (Lipinski definition) is 7. The lowest BCUT2D eigenvalue weighted by molar-refractivity contribution is -0.00718. The summed E-state index contributed by atoms with van der Waals surface area (Å²) in [5.74, 6) is -0.545. The van der Waals surface area contributed by atoms with Gasteiger partial charge in [-0.1, -0.05) is 25.8 Å². The lowest BCUT2D eigenvalue weighted by Crippen LogP contribution is -2.51. The highest BCUT2D eigenvalue weighted by molar-refractivity contribution is 6.04. The van der Waals surface area contributed by atoms with Crippen molar-refractivity contribution in [2.75, 3.05) is 50.9 Å². The smallest absolute Gasteiger partial charge is 0.319 e. The monoisotopic (exact) mass is 647 g/mol. The minimum Gasteiger partial charge on any atom is -0.508 e. The fraction of sp³-hybridized carbons (Fsp3) is 0.444. The topological polar surface area (TPSA) is 73.8 Å². The second-order valence-electron chi connectivity index (χ2n) is 13.4. The van der Waals surface area contributed by atoms with Crippen LogP contribution in [0.4, 0.5) is 23.4 Å². The first-order valence-corrected chi connectivity index (χ1v) is 16.2. The highest BCUT2D eigenvalue weighted by atomic mass is 19.1. The van der Waals surface area contributed by atoms with Crippen molar-refractivity contribution >= 4 is 27.5 Å². The SMILES string of the molecule is C#Cc1c(F)ccc2cc(O)cc(-c3c(F)cc4c(N5C[C@H]6CC[C@@H](C5)N6)nc(OC[C@]5(C)CN(CC)CC[C@@H]5CF)nc4c3F)c12. The zero-order valence-electron chi connectivity index (χ0n) is 26.4. The molecule has 4 atom stereocenters. The summed E-state index contributed by atoms with van der Waals surface area (Å²) in [4.78, 5) is 13.5. The van der Waals surface area contributed by atoms with Crippen molar-refractivity contribution in [1.82, 2.24) is 20.2 Å². The molecule has 11 heteroatoms. The van der Waals surface area contributed by atoms with Gasteiger partial charge in [0.25, 0.3) is 0 Å². The highest BCUT2D eigenvalue weighted by Gasteiger charge is 2.41. The second-order valence-corrected chi connectivity index (χ2v) is 13.4. The number of hydrogen-bond donors (Lipinski definition) is 2. The van der Waals surface area contributed by atoms with Crippen LogP contribution in [0.2, 0.25) is 0 Å². The van der Waals surface area contributed by atoms with Crippen LogP contribution in [0, 0.1) is 41.1 Å². The molecular formula is C36H37F4N5O2. The van der Waals surface area contributed by atoms with Crippen LogP contribution in [-0.2, 0) is 0 Å². The first-order valence-electron chi connectivity index (χ1n) is 16.2. The molecule has 4 heterocycles. The van der Waals surface area contributed by atoms with Gasteiger partial charge in [0.2, 0.25) is 0 Å². The Hall–Kier alpha value is -4.14. The van der Waals surface area contributed by atoms with Crippen LogP contribution in [-0.4, -0.2) is 78.1 Å². The fourth-order valence-corrected chi connectivity index (χ4v) is 7.78. The van der Waals surface area contributed by atoms with E-state index in [1.165, 1.54) is 24.3 Å². The fourth-order valence-electron chi connectivity index (χ4n) is 7.78. The van der Waals surface area contributed by atoms with Gasteiger partial charge >= 0.3 is 6.01 Å². The van der Waals surface area contributed by atoms with Crippen LogP contribution in [0.15, 0.2) is 30.3 Å². The number of alkyl halides is 1. The molecule has 3 aromatic carbocycles. The molecule has 4 aromatic rings. The Kier molecular flexibility index (Phi) is 8.13. The van der Waals surface area contributed by atoms with E-state index in [9.17, 15) is 13.9 Å². The van der Waals surface area contributed by atoms with Gasteiger partial charge in [-0.15, -0.1) is 6.42 Å². The second kappa shape index (κ2) is 12.1. The molecule has 246 valence electrons. The normalized spacial score (nSPS) is 24.6. The summed E-state index contributed by atoms with van der Waals surface area (Å²) in [5.41, 5.74) is -1.52. The number of fused-ring (bicyclic) bond motifs is 4. The lowest BCUT2D eigenvalue weighted by atomic mass is 9.73. The largest absolute Gasteiger partial charge is 0.508 e. The zero-order valence-corrected chi connectivity index (χ0v) is 26.4. The van der Waals surface area contributed by atoms with Gasteiger partial charge in [-0.25, -0.2) is 13.2 Å². The number of piperazine rings is 1. The predicted octanol–water partition coefficient (Wildman–Crippen LogP) is 6.19. The average molecular weight is 648 g/mol. The van der Waals surface area contributed by atoms with Crippen molar-refractivity contribution in [3.63, 3.8) is 0 Å². The maximum Gasteiger partial charge on any atom is 0.319 e. The number of phenols is 1. The lowest BCUT2D eigenvalue weighted by Gasteiger charge is -2.44. The first-order chi connectivity index (χ1) is 22.6. The van der Waals surface area contributed by atoms with Crippen molar-refractivity contribution in [2.24, 2.45) is 11.3 Å². The number of halogens is 4. The molecule has 0 radical (unpaired) electrons. The minimum atomic E-state index is -1.02. The van der Waals surface area contributed by atoms with Crippen LogP contribution in [0.25, 0.3) is 32.8 Å². The molecular weight excluding hydrogens is 610 g/mol. The molecule has 3 aliphatic rings. The molecule has 0 amide bonds. The van der Waals surface area contributed by atoms with Crippen molar-refractivity contribution in [1.29, 1.82) is 0 Å². The molecule has 47 heavy (non-hydrogen) atoms. The van der Waals surface area contributed by atoms with Crippen LogP contribution < -0.4 is 15.0 Å². The van der Waals surface area contributed by atoms with E-state index in [0.717, 1.165) is 32.0 Å². The van der Waals surface area contributed by atoms with E-state index >= 15 is 8.78 Å². The van der Waals surface area contributed by atoms with E-state index in [0.29, 0.717) is 37.3 Å². The van der Waals surface area contributed by atoms with E-state index in [1.54, 1.807) is 0 Å². The van der Waals surface area contributed by atoms with E-state index in [-0.39, 0.29) is 63.8 Å². The Morgan fingerprint density at radius 3 is 2.55 bits per heavy atom. The highest BCUT2D eigenvalue weighted by Crippen LogP contribution is 2.42. The first kappa shape index (κ1) is 31.5. The number of aromatic nitrogens is 2. The van der Waals surface area contributed by atoms with Gasteiger partial charge in [-0.2, -0.15) is 9.97 Å². The molecule has 0 spiro atoms. The molecule has 0 aliphatic carbocycles. The molecule has 0 unspecified atom stereocenters. The maximum absolute atomic E-state index is 16.9. The number of terminal acetylenes is 1. The van der Waals surface area contributed by atoms with Crippen LogP contribution in [0.1, 0.15) is 38.7 Å². The number of benzene rings is 3. The maximum atomic E-state index is 16.9. The molecule has 3 saturated heterocycles. The molecule has 0 saturated carbocycles. The summed E-state index contributed by atoms with van der Waals surface area (Å²) in [6, 6.07) is 6.57. The van der Waals surface area contributed by atoms with E-state index in [2.05, 4.69) is 28.0 Å². The summed E-state index contributed by atoms with van der Waals surface area (Å²) in [6.07, 6.45) is 8.30. The van der Waals surface area contributed by atoms with Gasteiger partial charge in [0.05, 0.1) is 24.4 Å². The van der Waals surface area contributed by atoms with Gasteiger partial charge in [-0.05, 0) is 67.9 Å². The average Bonchev–Trinajstić information content (AvgIpc) is 3.40. The van der Waals surface area contributed by atoms with Crippen LogP contribution in [0.5, 0.6) is 11.8 Å². The molecule has 3 fully saturated rings. The standard InChI is InChI=1S/C36H37F4N5O2/c1-4-25-28(38)9-6-20-12-24(46)13-26(30(20)25)31-29(39)14-27-33(32(31)40)42-35(43-34(27)45-16-22-7-8-23(17-45)41-22)47-19-36(3)18-44(5-2)11-10-21(36)15-37/h1,6,9,12-14,21-23,41,46H,5,7-8,10-11,15-19H2,2-3H3/t21-,22-,23+,36+/m1/s1. The number of likely N-dealkylation sites (tertiary alicyclic amines) is 1. The number of nitrogens with zero attached hydrogens (tertiary/aromatic N) is 4. The zero-order chi connectivity index (χ0) is 33.0. The van der Waals surface area contributed by atoms with Crippen LogP contribution in [0.3, 0.4) is 0 Å². The predicted molar refractivity (Wildman–Crippen MR) is 174 cm³/mol. The van der Waals surface area contributed by atoms with E-state index in [1.807, 2.05) is 11.8 Å². The van der Waals surface area contributed by atoms with E-state index < -0.39 is 35.1 Å². The quantitative estimate of drug-likeness (QED) is 0.183. The van der Waals surface area contributed by atoms with Crippen LogP contribution >= 0.6 is 0 Å². The summed E-state index contributed by atoms with van der Waals surface area (Å²) in [7, 11) is 0. The molecule has 2 bridgehead atoms. The van der Waals surface area contributed by atoms with Gasteiger partial charge < -0.3 is 25.0 Å². The Bertz CT molecular complexity index is 1900. The Morgan fingerprint density at radius 1 is 1.09 bits per heavy atom. The summed E-state index contributed by atoms with van der Waals surface area (Å²) in [6.45, 7) is 7.09. The third-order valence-electron chi connectivity index (χ3n) is 10.4. The summed E-state index contributed by atoms with van der Waals surface area (Å²) in [5, 5.41) is 14.7. The number of aromatic hydroxyl groups is 1. The van der Waals surface area contributed by atoms with Gasteiger partial charge in [0, 0.05) is 53.5 Å². The van der Waals surface area contributed by atoms with Crippen molar-refractivity contribution in [3.8, 4) is 35.2 Å². The number of nitrogens with one attached hydrogen (secondary N) is 1.